The van der Waals surface area contributed by atoms with E-state index in [0.717, 1.165) is 5.56 Å². The molecule has 2 aromatic rings. The van der Waals surface area contributed by atoms with Gasteiger partial charge in [-0.3, -0.25) is 9.59 Å². The molecule has 0 radical (unpaired) electrons. The van der Waals surface area contributed by atoms with Crippen LogP contribution in [0.15, 0.2) is 61.2 Å². The predicted molar refractivity (Wildman–Crippen MR) is 95.5 cm³/mol. The van der Waals surface area contributed by atoms with Gasteiger partial charge >= 0.3 is 0 Å². The molecule has 4 rings (SSSR count). The average molecular weight is 333 g/mol. The van der Waals surface area contributed by atoms with Gasteiger partial charge in [-0.05, 0) is 24.5 Å². The lowest BCUT2D eigenvalue weighted by molar-refractivity contribution is -0.140. The molecule has 126 valence electrons. The summed E-state index contributed by atoms with van der Waals surface area (Å²) in [5.74, 6) is -1.37. The number of Topliss-reactive ketones (excluding diaryl/α,β-unsaturated/α-hetero) is 1. The Morgan fingerprint density at radius 3 is 2.68 bits per heavy atom. The standard InChI is InChI=1S/C21H19NO3/c1-2-13-22-18-10-6-5-9-16(18)21(25,20(22)24)17-12-11-14-7-3-4-8-15(14)19(17)23/h2-10,17,25H,1,11-13H2/t17-,21+/m1/s1. The van der Waals surface area contributed by atoms with E-state index in [1.165, 1.54) is 4.90 Å². The Labute approximate surface area is 146 Å². The second-order valence-electron chi connectivity index (χ2n) is 6.60. The van der Waals surface area contributed by atoms with Gasteiger partial charge in [-0.15, -0.1) is 6.58 Å². The quantitative estimate of drug-likeness (QED) is 0.879. The highest BCUT2D eigenvalue weighted by Crippen LogP contribution is 2.48. The molecule has 1 heterocycles. The van der Waals surface area contributed by atoms with Crippen molar-refractivity contribution in [2.75, 3.05) is 11.4 Å². The van der Waals surface area contributed by atoms with Crippen LogP contribution in [0.25, 0.3) is 0 Å². The summed E-state index contributed by atoms with van der Waals surface area (Å²) in [6.07, 6.45) is 2.75. The molecule has 2 aromatic carbocycles. The van der Waals surface area contributed by atoms with Gasteiger partial charge in [0.15, 0.2) is 11.4 Å². The normalized spacial score (nSPS) is 24.8. The SMILES string of the molecule is C=CCN1C(=O)[C@@](O)([C@@H]2CCc3ccccc3C2=O)c2ccccc21. The third kappa shape index (κ3) is 2.11. The number of hydrogen-bond acceptors (Lipinski definition) is 3. The van der Waals surface area contributed by atoms with Gasteiger partial charge in [0.1, 0.15) is 0 Å². The summed E-state index contributed by atoms with van der Waals surface area (Å²) >= 11 is 0. The zero-order valence-corrected chi connectivity index (χ0v) is 13.8. The molecule has 1 N–H and O–H groups in total. The molecule has 1 aliphatic carbocycles. The molecule has 0 fully saturated rings. The van der Waals surface area contributed by atoms with Crippen molar-refractivity contribution in [2.45, 2.75) is 18.4 Å². The first-order valence-corrected chi connectivity index (χ1v) is 8.46. The van der Waals surface area contributed by atoms with Gasteiger partial charge in [-0.1, -0.05) is 48.5 Å². The molecule has 4 heteroatoms. The fourth-order valence-electron chi connectivity index (χ4n) is 4.10. The number of para-hydroxylation sites is 1. The first-order valence-electron chi connectivity index (χ1n) is 8.46. The van der Waals surface area contributed by atoms with E-state index in [9.17, 15) is 14.7 Å². The maximum atomic E-state index is 13.1. The first kappa shape index (κ1) is 15.8. The van der Waals surface area contributed by atoms with E-state index in [4.69, 9.17) is 0 Å². The van der Waals surface area contributed by atoms with Gasteiger partial charge in [0.25, 0.3) is 5.91 Å². The smallest absolute Gasteiger partial charge is 0.264 e. The number of benzene rings is 2. The summed E-state index contributed by atoms with van der Waals surface area (Å²) in [5, 5.41) is 11.5. The summed E-state index contributed by atoms with van der Waals surface area (Å²) in [7, 11) is 0. The number of nitrogens with zero attached hydrogens (tertiary/aromatic N) is 1. The van der Waals surface area contributed by atoms with Gasteiger partial charge in [-0.25, -0.2) is 0 Å². The van der Waals surface area contributed by atoms with Crippen molar-refractivity contribution in [3.8, 4) is 0 Å². The number of aryl methyl sites for hydroxylation is 1. The average Bonchev–Trinajstić information content (AvgIpc) is 2.85. The van der Waals surface area contributed by atoms with E-state index >= 15 is 0 Å². The number of ketones is 1. The Bertz CT molecular complexity index is 888. The number of fused-ring (bicyclic) bond motifs is 2. The van der Waals surface area contributed by atoms with Gasteiger partial charge in [-0.2, -0.15) is 0 Å². The number of carbonyl (C=O) groups is 2. The molecule has 2 atom stereocenters. The molecular formula is C21H19NO3. The Kier molecular flexibility index (Phi) is 3.58. The van der Waals surface area contributed by atoms with Gasteiger partial charge in [0, 0.05) is 17.7 Å². The summed E-state index contributed by atoms with van der Waals surface area (Å²) in [4.78, 5) is 27.7. The van der Waals surface area contributed by atoms with Crippen LogP contribution >= 0.6 is 0 Å². The van der Waals surface area contributed by atoms with Crippen LogP contribution < -0.4 is 4.90 Å². The van der Waals surface area contributed by atoms with Crippen LogP contribution in [0.5, 0.6) is 0 Å². The fourth-order valence-corrected chi connectivity index (χ4v) is 4.10. The molecule has 0 saturated carbocycles. The van der Waals surface area contributed by atoms with Crippen molar-refractivity contribution in [2.24, 2.45) is 5.92 Å². The van der Waals surface area contributed by atoms with Crippen molar-refractivity contribution in [1.82, 2.24) is 0 Å². The second kappa shape index (κ2) is 5.67. The monoisotopic (exact) mass is 333 g/mol. The van der Waals surface area contributed by atoms with Crippen LogP contribution in [-0.4, -0.2) is 23.3 Å². The lowest BCUT2D eigenvalue weighted by Crippen LogP contribution is -2.49. The predicted octanol–water partition coefficient (Wildman–Crippen LogP) is 2.85. The van der Waals surface area contributed by atoms with Gasteiger partial charge in [0.05, 0.1) is 11.6 Å². The van der Waals surface area contributed by atoms with Crippen LogP contribution in [-0.2, 0) is 16.8 Å². The minimum Gasteiger partial charge on any atom is -0.375 e. The van der Waals surface area contributed by atoms with Crippen LogP contribution in [0, 0.1) is 5.92 Å². The number of carbonyl (C=O) groups excluding carboxylic acids is 2. The first-order chi connectivity index (χ1) is 12.1. The van der Waals surface area contributed by atoms with Crippen LogP contribution in [0.3, 0.4) is 0 Å². The lowest BCUT2D eigenvalue weighted by atomic mass is 9.71. The molecular weight excluding hydrogens is 314 g/mol. The van der Waals surface area contributed by atoms with E-state index < -0.39 is 17.4 Å². The van der Waals surface area contributed by atoms with Crippen LogP contribution in [0.4, 0.5) is 5.69 Å². The summed E-state index contributed by atoms with van der Waals surface area (Å²) in [5.41, 5.74) is 0.944. The molecule has 0 spiro atoms. The zero-order chi connectivity index (χ0) is 17.6. The van der Waals surface area contributed by atoms with Gasteiger partial charge < -0.3 is 10.0 Å². The molecule has 4 nitrogen and oxygen atoms in total. The highest BCUT2D eigenvalue weighted by atomic mass is 16.3. The van der Waals surface area contributed by atoms with E-state index in [1.807, 2.05) is 24.3 Å². The van der Waals surface area contributed by atoms with Crippen molar-refractivity contribution in [3.05, 3.63) is 77.9 Å². The van der Waals surface area contributed by atoms with Crippen molar-refractivity contribution in [1.29, 1.82) is 0 Å². The Balaban J connectivity index is 1.83. The number of rotatable bonds is 3. The van der Waals surface area contributed by atoms with Crippen molar-refractivity contribution < 1.29 is 14.7 Å². The topological polar surface area (TPSA) is 57.6 Å². The minimum atomic E-state index is -1.82. The van der Waals surface area contributed by atoms with E-state index in [-0.39, 0.29) is 5.78 Å². The highest BCUT2D eigenvalue weighted by molar-refractivity contribution is 6.12. The van der Waals surface area contributed by atoms with E-state index in [1.54, 1.807) is 30.3 Å². The lowest BCUT2D eigenvalue weighted by Gasteiger charge is -2.34. The maximum Gasteiger partial charge on any atom is 0.264 e. The van der Waals surface area contributed by atoms with E-state index in [2.05, 4.69) is 6.58 Å². The molecule has 2 aliphatic rings. The number of hydrogen-bond donors (Lipinski definition) is 1. The van der Waals surface area contributed by atoms with E-state index in [0.29, 0.717) is 36.2 Å². The fraction of sp³-hybridized carbons (Fsp3) is 0.238. The molecule has 0 unspecified atom stereocenters. The molecule has 1 amide bonds. The molecule has 0 bridgehead atoms. The largest absolute Gasteiger partial charge is 0.375 e. The molecule has 0 aromatic heterocycles. The summed E-state index contributed by atoms with van der Waals surface area (Å²) in [6, 6.07) is 14.6. The third-order valence-electron chi connectivity index (χ3n) is 5.29. The second-order valence-corrected chi connectivity index (χ2v) is 6.60. The Morgan fingerprint density at radius 2 is 1.88 bits per heavy atom. The Morgan fingerprint density at radius 1 is 1.16 bits per heavy atom. The van der Waals surface area contributed by atoms with Crippen molar-refractivity contribution >= 4 is 17.4 Å². The summed E-state index contributed by atoms with van der Waals surface area (Å²) in [6.45, 7) is 4.00. The zero-order valence-electron chi connectivity index (χ0n) is 13.8. The number of amides is 1. The maximum absolute atomic E-state index is 13.1. The summed E-state index contributed by atoms with van der Waals surface area (Å²) < 4.78 is 0. The number of aliphatic hydroxyl groups is 1. The highest BCUT2D eigenvalue weighted by Gasteiger charge is 2.57. The minimum absolute atomic E-state index is 0.159. The van der Waals surface area contributed by atoms with Crippen LogP contribution in [0.1, 0.15) is 27.9 Å². The Hall–Kier alpha value is -2.72. The van der Waals surface area contributed by atoms with Gasteiger partial charge in [0.2, 0.25) is 0 Å². The molecule has 0 saturated heterocycles. The number of anilines is 1. The van der Waals surface area contributed by atoms with Crippen LogP contribution in [0.2, 0.25) is 0 Å². The third-order valence-corrected chi connectivity index (χ3v) is 5.29. The molecule has 25 heavy (non-hydrogen) atoms. The molecule has 1 aliphatic heterocycles. The van der Waals surface area contributed by atoms with Crippen molar-refractivity contribution in [3.63, 3.8) is 0 Å².